The van der Waals surface area contributed by atoms with E-state index in [-0.39, 0.29) is 0 Å². The number of hydrogen-bond acceptors (Lipinski definition) is 5. The van der Waals surface area contributed by atoms with Gasteiger partial charge in [0.05, 0.1) is 19.9 Å². The molecule has 0 fully saturated rings. The van der Waals surface area contributed by atoms with Gasteiger partial charge >= 0.3 is 0 Å². The van der Waals surface area contributed by atoms with Crippen molar-refractivity contribution in [2.24, 2.45) is 10.7 Å². The third-order valence-electron chi connectivity index (χ3n) is 3.76. The smallest absolute Gasteiger partial charge is 0.197 e. The summed E-state index contributed by atoms with van der Waals surface area (Å²) in [4.78, 5) is 6.50. The zero-order valence-electron chi connectivity index (χ0n) is 12.7. The number of fused-ring (bicyclic) bond motifs is 1. The maximum atomic E-state index is 6.11. The Morgan fingerprint density at radius 3 is 2.68 bits per heavy atom. The lowest BCUT2D eigenvalue weighted by atomic mass is 10.1. The van der Waals surface area contributed by atoms with Crippen molar-refractivity contribution in [1.82, 2.24) is 4.90 Å². The molecule has 0 unspecified atom stereocenters. The molecule has 114 valence electrons. The molecular formula is C17H19N3O2. The summed E-state index contributed by atoms with van der Waals surface area (Å²) in [7, 11) is 3.28. The summed E-state index contributed by atoms with van der Waals surface area (Å²) in [5.74, 6) is 1.97. The molecular weight excluding hydrogens is 278 g/mol. The van der Waals surface area contributed by atoms with Gasteiger partial charge in [0.15, 0.2) is 17.5 Å². The van der Waals surface area contributed by atoms with Gasteiger partial charge in [-0.15, -0.1) is 0 Å². The third-order valence-corrected chi connectivity index (χ3v) is 3.76. The van der Waals surface area contributed by atoms with Gasteiger partial charge in [-0.05, 0) is 17.7 Å². The van der Waals surface area contributed by atoms with E-state index in [9.17, 15) is 0 Å². The van der Waals surface area contributed by atoms with Gasteiger partial charge in [-0.2, -0.15) is 0 Å². The van der Waals surface area contributed by atoms with Crippen molar-refractivity contribution in [3.8, 4) is 11.5 Å². The van der Waals surface area contributed by atoms with Gasteiger partial charge in [0.25, 0.3) is 0 Å². The van der Waals surface area contributed by atoms with E-state index in [0.29, 0.717) is 18.3 Å². The fraction of sp³-hybridized carbons (Fsp3) is 0.235. The van der Waals surface area contributed by atoms with Crippen LogP contribution in [0.4, 0.5) is 5.69 Å². The van der Waals surface area contributed by atoms with Gasteiger partial charge in [-0.25, -0.2) is 4.99 Å². The topological polar surface area (TPSA) is 60.1 Å². The first-order chi connectivity index (χ1) is 10.7. The van der Waals surface area contributed by atoms with Crippen molar-refractivity contribution < 1.29 is 9.47 Å². The van der Waals surface area contributed by atoms with Crippen LogP contribution in [0.5, 0.6) is 11.5 Å². The number of rotatable bonds is 4. The Morgan fingerprint density at radius 1 is 1.09 bits per heavy atom. The Hall–Kier alpha value is -2.69. The molecule has 0 spiro atoms. The molecule has 3 rings (SSSR count). The Balaban J connectivity index is 1.89. The predicted molar refractivity (Wildman–Crippen MR) is 86.5 cm³/mol. The predicted octanol–water partition coefficient (Wildman–Crippen LogP) is 2.67. The third kappa shape index (κ3) is 2.57. The number of nitrogens with two attached hydrogens (primary N) is 1. The summed E-state index contributed by atoms with van der Waals surface area (Å²) >= 11 is 0. The molecule has 5 heteroatoms. The van der Waals surface area contributed by atoms with Crippen molar-refractivity contribution in [3.05, 3.63) is 53.6 Å². The number of aliphatic imine (C=N–C) groups is 1. The number of benzene rings is 2. The van der Waals surface area contributed by atoms with E-state index in [4.69, 9.17) is 15.2 Å². The van der Waals surface area contributed by atoms with Crippen LogP contribution < -0.4 is 15.2 Å². The summed E-state index contributed by atoms with van der Waals surface area (Å²) in [5.41, 5.74) is 9.23. The van der Waals surface area contributed by atoms with E-state index in [1.807, 2.05) is 41.3 Å². The second kappa shape index (κ2) is 5.97. The molecule has 0 bridgehead atoms. The second-order valence-corrected chi connectivity index (χ2v) is 5.11. The zero-order valence-corrected chi connectivity index (χ0v) is 12.7. The van der Waals surface area contributed by atoms with Gasteiger partial charge in [-0.3, -0.25) is 0 Å². The highest BCUT2D eigenvalue weighted by Gasteiger charge is 2.19. The maximum absolute atomic E-state index is 6.11. The number of nitrogens with zero attached hydrogens (tertiary/aromatic N) is 2. The molecule has 2 aromatic carbocycles. The van der Waals surface area contributed by atoms with Gasteiger partial charge in [0.1, 0.15) is 0 Å². The highest BCUT2D eigenvalue weighted by molar-refractivity contribution is 5.83. The largest absolute Gasteiger partial charge is 0.493 e. The summed E-state index contributed by atoms with van der Waals surface area (Å²) < 4.78 is 10.8. The van der Waals surface area contributed by atoms with Crippen LogP contribution in [0.3, 0.4) is 0 Å². The zero-order chi connectivity index (χ0) is 15.5. The van der Waals surface area contributed by atoms with Gasteiger partial charge in [-0.1, -0.05) is 30.3 Å². The Labute approximate surface area is 130 Å². The summed E-state index contributed by atoms with van der Waals surface area (Å²) in [6.45, 7) is 1.34. The van der Waals surface area contributed by atoms with Gasteiger partial charge in [0.2, 0.25) is 0 Å². The van der Waals surface area contributed by atoms with Crippen LogP contribution in [0.1, 0.15) is 11.1 Å². The molecule has 0 atom stereocenters. The fourth-order valence-corrected chi connectivity index (χ4v) is 2.66. The molecule has 2 N–H and O–H groups in total. The van der Waals surface area contributed by atoms with E-state index in [2.05, 4.69) is 11.1 Å². The van der Waals surface area contributed by atoms with E-state index in [0.717, 1.165) is 23.5 Å². The second-order valence-electron chi connectivity index (χ2n) is 5.11. The average Bonchev–Trinajstić information content (AvgIpc) is 2.55. The number of guanidine groups is 1. The number of ether oxygens (including phenoxy) is 2. The van der Waals surface area contributed by atoms with E-state index in [1.54, 1.807) is 14.2 Å². The molecule has 0 amide bonds. The van der Waals surface area contributed by atoms with Gasteiger partial charge < -0.3 is 20.1 Å². The van der Waals surface area contributed by atoms with Crippen molar-refractivity contribution >= 4 is 11.6 Å². The number of hydrogen-bond donors (Lipinski definition) is 1. The maximum Gasteiger partial charge on any atom is 0.197 e. The van der Waals surface area contributed by atoms with Crippen LogP contribution in [0.2, 0.25) is 0 Å². The van der Waals surface area contributed by atoms with E-state index in [1.165, 1.54) is 5.56 Å². The minimum Gasteiger partial charge on any atom is -0.493 e. The van der Waals surface area contributed by atoms with Gasteiger partial charge in [0, 0.05) is 18.7 Å². The molecule has 1 aliphatic rings. The van der Waals surface area contributed by atoms with Crippen LogP contribution in [0, 0.1) is 0 Å². The first-order valence-corrected chi connectivity index (χ1v) is 7.10. The first-order valence-electron chi connectivity index (χ1n) is 7.10. The molecule has 22 heavy (non-hydrogen) atoms. The lowest BCUT2D eigenvalue weighted by Crippen LogP contribution is -2.38. The highest BCUT2D eigenvalue weighted by Crippen LogP contribution is 2.33. The minimum absolute atomic E-state index is 0.517. The molecule has 1 aliphatic heterocycles. The monoisotopic (exact) mass is 297 g/mol. The lowest BCUT2D eigenvalue weighted by Gasteiger charge is -2.28. The van der Waals surface area contributed by atoms with E-state index >= 15 is 0 Å². The fourth-order valence-electron chi connectivity index (χ4n) is 2.66. The molecule has 2 aromatic rings. The van der Waals surface area contributed by atoms with Crippen LogP contribution in [-0.2, 0) is 13.1 Å². The minimum atomic E-state index is 0.517. The molecule has 0 saturated heterocycles. The van der Waals surface area contributed by atoms with E-state index < -0.39 is 0 Å². The molecule has 1 heterocycles. The molecule has 0 aromatic heterocycles. The normalized spacial score (nSPS) is 13.4. The van der Waals surface area contributed by atoms with Crippen molar-refractivity contribution in [1.29, 1.82) is 0 Å². The van der Waals surface area contributed by atoms with Crippen molar-refractivity contribution in [3.63, 3.8) is 0 Å². The Kier molecular flexibility index (Phi) is 3.87. The lowest BCUT2D eigenvalue weighted by molar-refractivity contribution is 0.338. The summed E-state index contributed by atoms with van der Waals surface area (Å²) in [6.07, 6.45) is 0. The molecule has 0 radical (unpaired) electrons. The summed E-state index contributed by atoms with van der Waals surface area (Å²) in [5, 5.41) is 0. The van der Waals surface area contributed by atoms with Crippen LogP contribution >= 0.6 is 0 Å². The molecule has 0 saturated carbocycles. The Morgan fingerprint density at radius 2 is 1.91 bits per heavy atom. The molecule has 5 nitrogen and oxygen atoms in total. The van der Waals surface area contributed by atoms with Crippen molar-refractivity contribution in [2.75, 3.05) is 14.2 Å². The number of para-hydroxylation sites is 2. The highest BCUT2D eigenvalue weighted by atomic mass is 16.5. The number of methoxy groups -OCH3 is 2. The molecule has 0 aliphatic carbocycles. The Bertz CT molecular complexity index is 713. The SMILES string of the molecule is COc1cccc(CN2Cc3ccccc3N=C2N)c1OC. The standard InChI is InChI=1S/C17H19N3O2/c1-21-15-9-5-7-13(16(15)22-2)11-20-10-12-6-3-4-8-14(12)19-17(20)18/h3-9H,10-11H2,1-2H3,(H2,18,19). The van der Waals surface area contributed by atoms with Crippen LogP contribution in [0.15, 0.2) is 47.5 Å². The first kappa shape index (κ1) is 14.3. The van der Waals surface area contributed by atoms with Crippen LogP contribution in [0.25, 0.3) is 0 Å². The summed E-state index contributed by atoms with van der Waals surface area (Å²) in [6, 6.07) is 13.9. The quantitative estimate of drug-likeness (QED) is 0.942. The van der Waals surface area contributed by atoms with Crippen molar-refractivity contribution in [2.45, 2.75) is 13.1 Å². The average molecular weight is 297 g/mol. The van der Waals surface area contributed by atoms with Crippen LogP contribution in [-0.4, -0.2) is 25.1 Å².